The number of rotatable bonds is 12. The molecule has 0 aliphatic carbocycles. The molecule has 2 aliphatic rings. The van der Waals surface area contributed by atoms with Gasteiger partial charge in [-0.1, -0.05) is 20.8 Å². The van der Waals surface area contributed by atoms with Gasteiger partial charge in [0.25, 0.3) is 23.0 Å². The van der Waals surface area contributed by atoms with Gasteiger partial charge in [-0.05, 0) is 43.2 Å². The number of aromatic amines is 4. The van der Waals surface area contributed by atoms with Gasteiger partial charge in [-0.3, -0.25) is 20.4 Å². The zero-order chi connectivity index (χ0) is 30.5. The molecule has 20 heteroatoms. The van der Waals surface area contributed by atoms with Gasteiger partial charge in [-0.2, -0.15) is 20.2 Å². The molecule has 0 bridgehead atoms. The average molecular weight is 625 g/mol. The quantitative estimate of drug-likeness (QED) is 0.0857. The summed E-state index contributed by atoms with van der Waals surface area (Å²) in [6, 6.07) is 0. The molecule has 0 spiro atoms. The monoisotopic (exact) mass is 624 g/mol. The molecule has 0 amide bonds. The number of carbonyl (C=O) groups is 4. The Morgan fingerprint density at radius 1 is 0.738 bits per heavy atom. The van der Waals surface area contributed by atoms with Gasteiger partial charge in [-0.15, -0.1) is 0 Å². The lowest BCUT2D eigenvalue weighted by atomic mass is 9.94. The predicted molar refractivity (Wildman–Crippen MR) is 148 cm³/mol. The van der Waals surface area contributed by atoms with Crippen LogP contribution in [0.4, 0.5) is 11.9 Å². The summed E-state index contributed by atoms with van der Waals surface area (Å²) < 4.78 is 22.4. The zero-order valence-electron chi connectivity index (χ0n) is 22.7. The van der Waals surface area contributed by atoms with E-state index in [1.54, 1.807) is 6.92 Å². The largest absolute Gasteiger partial charge is 0.418 e. The molecule has 0 saturated carbocycles. The van der Waals surface area contributed by atoms with Gasteiger partial charge < -0.3 is 18.9 Å². The van der Waals surface area contributed by atoms with Crippen molar-refractivity contribution in [1.29, 1.82) is 0 Å². The second-order valence-electron chi connectivity index (χ2n) is 9.71. The van der Waals surface area contributed by atoms with Crippen molar-refractivity contribution in [2.45, 2.75) is 70.9 Å². The normalized spacial score (nSPS) is 22.3. The zero-order valence-corrected chi connectivity index (χ0v) is 24.3. The molecule has 2 aromatic rings. The minimum atomic E-state index is -1.54. The molecule has 2 saturated heterocycles. The van der Waals surface area contributed by atoms with Crippen molar-refractivity contribution in [3.63, 3.8) is 0 Å². The number of cyclic esters (lactones) is 4. The van der Waals surface area contributed by atoms with Crippen molar-refractivity contribution < 1.29 is 38.1 Å². The molecule has 0 radical (unpaired) electrons. The fourth-order valence-corrected chi connectivity index (χ4v) is 4.53. The summed E-state index contributed by atoms with van der Waals surface area (Å²) in [6.45, 7) is 5.46. The Bertz CT molecular complexity index is 1500. The first-order valence-corrected chi connectivity index (χ1v) is 13.6. The Morgan fingerprint density at radius 3 is 1.50 bits per heavy atom. The Labute approximate surface area is 247 Å². The lowest BCUT2D eigenvalue weighted by Crippen LogP contribution is -2.51. The molecule has 0 aromatic carbocycles. The number of ether oxygens (including phenoxy) is 4. The molecule has 6 N–H and O–H groups in total. The van der Waals surface area contributed by atoms with E-state index in [2.05, 4.69) is 51.4 Å². The Balaban J connectivity index is 1.36. The number of hydrogen-bond acceptors (Lipinski definition) is 16. The van der Waals surface area contributed by atoms with Crippen LogP contribution in [0.25, 0.3) is 0 Å². The summed E-state index contributed by atoms with van der Waals surface area (Å²) in [7, 11) is 0. The summed E-state index contributed by atoms with van der Waals surface area (Å²) >= 11 is 9.66. The minimum absolute atomic E-state index is 0.00310. The molecule has 42 heavy (non-hydrogen) atoms. The van der Waals surface area contributed by atoms with Gasteiger partial charge in [0.1, 0.15) is 0 Å². The van der Waals surface area contributed by atoms with E-state index in [4.69, 9.17) is 43.4 Å². The van der Waals surface area contributed by atoms with E-state index >= 15 is 0 Å². The number of nitrogens with zero attached hydrogens (tertiary/aromatic N) is 4. The molecule has 226 valence electrons. The summed E-state index contributed by atoms with van der Waals surface area (Å²) in [4.78, 5) is 58.4. The van der Waals surface area contributed by atoms with Crippen molar-refractivity contribution in [1.82, 2.24) is 30.4 Å². The highest BCUT2D eigenvalue weighted by molar-refractivity contribution is 7.71. The Kier molecular flexibility index (Phi) is 9.14. The standard InChI is InChI=1S/C22H28N10O8S2/c1-4-21(37-13(33)11(14(34)38-21)25-27-17-23-19(41)31-29-17)7-5-6-8-22(9-10(2)3)39-15(35)12(16(36)40-22)26-28-18-24-20(42)32-30-18/h10H,4-9H2,1-3H3,(H3,23,27,29,31,41)(H3,24,28,30,32,42). The van der Waals surface area contributed by atoms with Crippen LogP contribution in [-0.2, 0) is 38.1 Å². The predicted octanol–water partition coefficient (Wildman–Crippen LogP) is 2.09. The summed E-state index contributed by atoms with van der Waals surface area (Å²) in [5.41, 5.74) is 3.61. The number of hydrogen-bond donors (Lipinski definition) is 6. The summed E-state index contributed by atoms with van der Waals surface area (Å²) in [5, 5.41) is 17.6. The number of hydrazone groups is 2. The van der Waals surface area contributed by atoms with Crippen LogP contribution in [0.5, 0.6) is 0 Å². The number of nitrogens with one attached hydrogen (secondary N) is 6. The van der Waals surface area contributed by atoms with Gasteiger partial charge in [-0.25, -0.2) is 30.0 Å². The van der Waals surface area contributed by atoms with Crippen LogP contribution < -0.4 is 10.9 Å². The Morgan fingerprint density at radius 2 is 1.14 bits per heavy atom. The molecule has 2 fully saturated rings. The highest BCUT2D eigenvalue weighted by Gasteiger charge is 2.49. The van der Waals surface area contributed by atoms with E-state index in [0.717, 1.165) is 0 Å². The maximum Gasteiger partial charge on any atom is 0.369 e. The van der Waals surface area contributed by atoms with Crippen molar-refractivity contribution in [3.05, 3.63) is 9.54 Å². The van der Waals surface area contributed by atoms with Crippen LogP contribution in [-0.4, -0.2) is 77.2 Å². The van der Waals surface area contributed by atoms with Crippen LogP contribution >= 0.6 is 24.4 Å². The lowest BCUT2D eigenvalue weighted by Gasteiger charge is -2.38. The molecule has 4 heterocycles. The third-order valence-corrected chi connectivity index (χ3v) is 6.45. The maximum atomic E-state index is 12.8. The summed E-state index contributed by atoms with van der Waals surface area (Å²) in [5.74, 6) is -6.78. The number of anilines is 2. The van der Waals surface area contributed by atoms with Gasteiger partial charge in [0, 0.05) is 25.7 Å². The number of carbonyl (C=O) groups excluding carboxylic acids is 4. The van der Waals surface area contributed by atoms with Gasteiger partial charge in [0.15, 0.2) is 0 Å². The van der Waals surface area contributed by atoms with E-state index in [0.29, 0.717) is 12.8 Å². The maximum absolute atomic E-state index is 12.8. The molecule has 18 nitrogen and oxygen atoms in total. The highest BCUT2D eigenvalue weighted by atomic mass is 32.1. The van der Waals surface area contributed by atoms with Crippen molar-refractivity contribution in [2.75, 3.05) is 10.9 Å². The topological polar surface area (TPSA) is 243 Å². The molecule has 2 aromatic heterocycles. The number of unbranched alkanes of at least 4 members (excludes halogenated alkanes) is 1. The fourth-order valence-electron chi connectivity index (χ4n) is 4.25. The van der Waals surface area contributed by atoms with Crippen LogP contribution in [0.3, 0.4) is 0 Å². The number of H-pyrrole nitrogens is 4. The SMILES string of the molecule is CCC1(CCCCC2(CC(C)C)OC(=O)C(=NNc3nc(=S)[nH][nH]3)C(=O)O2)OC(=O)C(=NNc2nc(=S)[nH][nH]2)C(=O)O1. The minimum Gasteiger partial charge on any atom is -0.418 e. The fraction of sp³-hybridized carbons (Fsp3) is 0.545. The van der Waals surface area contributed by atoms with Crippen LogP contribution in [0.15, 0.2) is 10.2 Å². The van der Waals surface area contributed by atoms with E-state index in [1.807, 2.05) is 13.8 Å². The van der Waals surface area contributed by atoms with E-state index in [9.17, 15) is 19.2 Å². The second kappa shape index (κ2) is 12.6. The van der Waals surface area contributed by atoms with Crippen LogP contribution in [0.1, 0.15) is 59.3 Å². The first kappa shape index (κ1) is 30.5. The smallest absolute Gasteiger partial charge is 0.369 e. The molecule has 4 rings (SSSR count). The third kappa shape index (κ3) is 7.24. The van der Waals surface area contributed by atoms with Gasteiger partial charge in [0.05, 0.1) is 0 Å². The lowest BCUT2D eigenvalue weighted by molar-refractivity contribution is -0.240. The van der Waals surface area contributed by atoms with E-state index < -0.39 is 46.9 Å². The molecular weight excluding hydrogens is 596 g/mol. The number of esters is 4. The first-order chi connectivity index (χ1) is 19.9. The second-order valence-corrected chi connectivity index (χ2v) is 10.5. The molecular formula is C22H28N10O8S2. The van der Waals surface area contributed by atoms with E-state index in [1.165, 1.54) is 0 Å². The molecule has 0 unspecified atom stereocenters. The first-order valence-electron chi connectivity index (χ1n) is 12.8. The third-order valence-electron chi connectivity index (χ3n) is 6.06. The van der Waals surface area contributed by atoms with Crippen molar-refractivity contribution in [2.24, 2.45) is 16.1 Å². The Hall–Kier alpha value is -4.46. The van der Waals surface area contributed by atoms with Gasteiger partial charge >= 0.3 is 23.9 Å². The molecule has 0 atom stereocenters. The molecule has 2 aliphatic heterocycles. The van der Waals surface area contributed by atoms with Crippen molar-refractivity contribution >= 4 is 71.6 Å². The van der Waals surface area contributed by atoms with Crippen LogP contribution in [0, 0.1) is 15.5 Å². The average Bonchev–Trinajstić information content (AvgIpc) is 3.52. The van der Waals surface area contributed by atoms with Gasteiger partial charge in [0.2, 0.25) is 21.4 Å². The van der Waals surface area contributed by atoms with Crippen molar-refractivity contribution in [3.8, 4) is 0 Å². The van der Waals surface area contributed by atoms with E-state index in [-0.39, 0.29) is 53.0 Å². The highest BCUT2D eigenvalue weighted by Crippen LogP contribution is 2.35. The summed E-state index contributed by atoms with van der Waals surface area (Å²) in [6.07, 6.45) is 1.40. The number of aromatic nitrogens is 6. The van der Waals surface area contributed by atoms with Crippen LogP contribution in [0.2, 0.25) is 0 Å².